The fraction of sp³-hybridized carbons (Fsp3) is 0.370. The number of thiazole rings is 1. The number of piperidine rings is 1. The van der Waals surface area contributed by atoms with Gasteiger partial charge in [-0.25, -0.2) is 4.98 Å². The van der Waals surface area contributed by atoms with Crippen LogP contribution in [-0.4, -0.2) is 36.1 Å². The van der Waals surface area contributed by atoms with Crippen LogP contribution in [-0.2, 0) is 6.54 Å². The lowest BCUT2D eigenvalue weighted by atomic mass is 9.97. The molecule has 1 aliphatic heterocycles. The zero-order valence-electron chi connectivity index (χ0n) is 19.5. The van der Waals surface area contributed by atoms with Crippen molar-refractivity contribution in [2.24, 2.45) is 0 Å². The van der Waals surface area contributed by atoms with E-state index in [1.54, 1.807) is 11.3 Å². The standard InChI is InChI=1S/C27H27Cl2N5S/c28-24-8-5-22(17-25(24)29)26-19-35-27(32-26)21-9-15-33(16-10-21)18-20-3-6-23(7-4-20)34(13-1-11-30)14-2-12-31/h3-8,17,19,21H,1-2,9-10,13-16,18H2. The Morgan fingerprint density at radius 2 is 1.66 bits per heavy atom. The number of anilines is 1. The molecule has 3 aromatic rings. The fourth-order valence-corrected chi connectivity index (χ4v) is 5.71. The predicted octanol–water partition coefficient (Wildman–Crippen LogP) is 7.13. The summed E-state index contributed by atoms with van der Waals surface area (Å²) in [6, 6.07) is 18.6. The molecule has 1 aromatic heterocycles. The first-order valence-electron chi connectivity index (χ1n) is 11.8. The summed E-state index contributed by atoms with van der Waals surface area (Å²) in [5.74, 6) is 0.490. The van der Waals surface area contributed by atoms with Crippen molar-refractivity contribution in [3.63, 3.8) is 0 Å². The van der Waals surface area contributed by atoms with Crippen LogP contribution in [0, 0.1) is 22.7 Å². The number of hydrogen-bond donors (Lipinski definition) is 0. The number of benzene rings is 2. The van der Waals surface area contributed by atoms with Crippen molar-refractivity contribution in [3.05, 3.63) is 68.5 Å². The van der Waals surface area contributed by atoms with E-state index in [1.807, 2.05) is 18.2 Å². The molecule has 0 bridgehead atoms. The average molecular weight is 525 g/mol. The molecule has 0 aliphatic carbocycles. The van der Waals surface area contributed by atoms with E-state index in [0.717, 1.165) is 49.4 Å². The van der Waals surface area contributed by atoms with E-state index < -0.39 is 0 Å². The Labute approximate surface area is 221 Å². The lowest BCUT2D eigenvalue weighted by Crippen LogP contribution is -2.32. The summed E-state index contributed by atoms with van der Waals surface area (Å²) < 4.78 is 0. The van der Waals surface area contributed by atoms with Gasteiger partial charge in [0.15, 0.2) is 0 Å². The minimum absolute atomic E-state index is 0.455. The molecule has 0 spiro atoms. The third-order valence-corrected chi connectivity index (χ3v) is 8.12. The normalized spacial score (nSPS) is 14.4. The summed E-state index contributed by atoms with van der Waals surface area (Å²) in [6.07, 6.45) is 3.11. The number of likely N-dealkylation sites (tertiary alicyclic amines) is 1. The molecule has 1 fully saturated rings. The summed E-state index contributed by atoms with van der Waals surface area (Å²) in [6.45, 7) is 4.31. The monoisotopic (exact) mass is 523 g/mol. The van der Waals surface area contributed by atoms with E-state index in [0.29, 0.717) is 41.9 Å². The molecule has 0 radical (unpaired) electrons. The lowest BCUT2D eigenvalue weighted by molar-refractivity contribution is 0.204. The first kappa shape index (κ1) is 25.5. The van der Waals surface area contributed by atoms with E-state index >= 15 is 0 Å². The van der Waals surface area contributed by atoms with Gasteiger partial charge in [0.25, 0.3) is 0 Å². The number of hydrogen-bond acceptors (Lipinski definition) is 6. The van der Waals surface area contributed by atoms with Crippen molar-refractivity contribution in [3.8, 4) is 23.4 Å². The average Bonchev–Trinajstić information content (AvgIpc) is 3.37. The van der Waals surface area contributed by atoms with Gasteiger partial charge in [0.2, 0.25) is 0 Å². The van der Waals surface area contributed by atoms with E-state index in [-0.39, 0.29) is 0 Å². The van der Waals surface area contributed by atoms with Gasteiger partial charge in [-0.05, 0) is 55.8 Å². The molecule has 0 N–H and O–H groups in total. The van der Waals surface area contributed by atoms with Crippen molar-refractivity contribution in [2.75, 3.05) is 31.1 Å². The first-order valence-corrected chi connectivity index (χ1v) is 13.4. The quantitative estimate of drug-likeness (QED) is 0.298. The van der Waals surface area contributed by atoms with Crippen LogP contribution in [0.5, 0.6) is 0 Å². The molecule has 180 valence electrons. The Morgan fingerprint density at radius 1 is 0.971 bits per heavy atom. The molecule has 4 rings (SSSR count). The Bertz CT molecular complexity index is 1190. The smallest absolute Gasteiger partial charge is 0.0964 e. The van der Waals surface area contributed by atoms with Crippen LogP contribution in [0.15, 0.2) is 47.8 Å². The maximum atomic E-state index is 8.92. The van der Waals surface area contributed by atoms with Crippen molar-refractivity contribution in [2.45, 2.75) is 38.1 Å². The van der Waals surface area contributed by atoms with Crippen LogP contribution in [0.4, 0.5) is 5.69 Å². The highest BCUT2D eigenvalue weighted by atomic mass is 35.5. The summed E-state index contributed by atoms with van der Waals surface area (Å²) in [4.78, 5) is 9.52. The van der Waals surface area contributed by atoms with Gasteiger partial charge in [0.05, 0.1) is 45.7 Å². The Morgan fingerprint density at radius 3 is 2.29 bits per heavy atom. The van der Waals surface area contributed by atoms with Gasteiger partial charge in [0, 0.05) is 42.2 Å². The second-order valence-electron chi connectivity index (χ2n) is 8.72. The second kappa shape index (κ2) is 12.4. The van der Waals surface area contributed by atoms with E-state index in [4.69, 9.17) is 38.7 Å². The van der Waals surface area contributed by atoms with Crippen molar-refractivity contribution >= 4 is 40.2 Å². The van der Waals surface area contributed by atoms with Crippen molar-refractivity contribution in [1.82, 2.24) is 9.88 Å². The number of nitrogens with zero attached hydrogens (tertiary/aromatic N) is 5. The van der Waals surface area contributed by atoms with Gasteiger partial charge >= 0.3 is 0 Å². The van der Waals surface area contributed by atoms with E-state index in [1.165, 1.54) is 10.6 Å². The van der Waals surface area contributed by atoms with Gasteiger partial charge < -0.3 is 4.90 Å². The minimum atomic E-state index is 0.455. The molecule has 35 heavy (non-hydrogen) atoms. The van der Waals surface area contributed by atoms with Gasteiger partial charge in [-0.15, -0.1) is 11.3 Å². The number of nitriles is 2. The highest BCUT2D eigenvalue weighted by Gasteiger charge is 2.23. The zero-order chi connectivity index (χ0) is 24.6. The SMILES string of the molecule is N#CCCN(CCC#N)c1ccc(CN2CCC(c3nc(-c4ccc(Cl)c(Cl)c4)cs3)CC2)cc1. The fourth-order valence-electron chi connectivity index (χ4n) is 4.41. The van der Waals surface area contributed by atoms with Gasteiger partial charge in [-0.2, -0.15) is 10.5 Å². The van der Waals surface area contributed by atoms with Crippen LogP contribution in [0.3, 0.4) is 0 Å². The van der Waals surface area contributed by atoms with Crippen LogP contribution < -0.4 is 4.90 Å². The number of aromatic nitrogens is 1. The highest BCUT2D eigenvalue weighted by molar-refractivity contribution is 7.10. The van der Waals surface area contributed by atoms with E-state index in [9.17, 15) is 0 Å². The van der Waals surface area contributed by atoms with E-state index in [2.05, 4.69) is 51.6 Å². The second-order valence-corrected chi connectivity index (χ2v) is 10.4. The Hall–Kier alpha value is -2.61. The lowest BCUT2D eigenvalue weighted by Gasteiger charge is -2.31. The Kier molecular flexibility index (Phi) is 9.01. The van der Waals surface area contributed by atoms with Crippen LogP contribution in [0.1, 0.15) is 42.2 Å². The van der Waals surface area contributed by atoms with Crippen molar-refractivity contribution < 1.29 is 0 Å². The summed E-state index contributed by atoms with van der Waals surface area (Å²) in [5, 5.41) is 22.3. The zero-order valence-corrected chi connectivity index (χ0v) is 21.8. The maximum Gasteiger partial charge on any atom is 0.0964 e. The predicted molar refractivity (Wildman–Crippen MR) is 144 cm³/mol. The number of halogens is 2. The van der Waals surface area contributed by atoms with Gasteiger partial charge in [0.1, 0.15) is 0 Å². The van der Waals surface area contributed by atoms with Gasteiger partial charge in [-0.1, -0.05) is 41.4 Å². The molecule has 8 heteroatoms. The van der Waals surface area contributed by atoms with Gasteiger partial charge in [-0.3, -0.25) is 4.90 Å². The van der Waals surface area contributed by atoms with Crippen molar-refractivity contribution in [1.29, 1.82) is 10.5 Å². The van der Waals surface area contributed by atoms with Crippen LogP contribution in [0.2, 0.25) is 10.0 Å². The topological polar surface area (TPSA) is 67.0 Å². The third-order valence-electron chi connectivity index (χ3n) is 6.37. The molecule has 0 amide bonds. The molecule has 1 saturated heterocycles. The Balaban J connectivity index is 1.31. The highest BCUT2D eigenvalue weighted by Crippen LogP contribution is 2.35. The molecule has 0 saturated carbocycles. The molecule has 2 aromatic carbocycles. The molecule has 5 nitrogen and oxygen atoms in total. The summed E-state index contributed by atoms with van der Waals surface area (Å²) in [5.41, 5.74) is 4.31. The molecular weight excluding hydrogens is 497 g/mol. The maximum absolute atomic E-state index is 8.92. The number of rotatable bonds is 9. The molecule has 1 aliphatic rings. The molecule has 0 atom stereocenters. The molecule has 0 unspecified atom stereocenters. The summed E-state index contributed by atoms with van der Waals surface area (Å²) in [7, 11) is 0. The minimum Gasteiger partial charge on any atom is -0.369 e. The van der Waals surface area contributed by atoms with Crippen LogP contribution in [0.25, 0.3) is 11.3 Å². The first-order chi connectivity index (χ1) is 17.1. The largest absolute Gasteiger partial charge is 0.369 e. The third kappa shape index (κ3) is 6.75. The molecular formula is C27H27Cl2N5S. The molecule has 2 heterocycles. The van der Waals surface area contributed by atoms with Crippen LogP contribution >= 0.6 is 34.5 Å². The summed E-state index contributed by atoms with van der Waals surface area (Å²) >= 11 is 14.0.